The van der Waals surface area contributed by atoms with Gasteiger partial charge in [-0.25, -0.2) is 5.06 Å². The first-order valence-electron chi connectivity index (χ1n) is 7.11. The number of amides is 2. The predicted molar refractivity (Wildman–Crippen MR) is 79.2 cm³/mol. The Bertz CT molecular complexity index is 527. The average Bonchev–Trinajstić information content (AvgIpc) is 2.87. The number of rotatable bonds is 4. The van der Waals surface area contributed by atoms with E-state index in [9.17, 15) is 9.59 Å². The van der Waals surface area contributed by atoms with Gasteiger partial charge >= 0.3 is 0 Å². The number of hydroxylamine groups is 2. The molecule has 0 unspecified atom stereocenters. The minimum absolute atomic E-state index is 0.0194. The standard InChI is InChI=1S/C16H22N2O3/c1-11-5-7-13(8-6-11)12(2)18-10-14(9-15(18)19)16(20)17(3)21-4/h5-8,12,14H,9-10H2,1-4H3/t12-,14-/m1/s1. The topological polar surface area (TPSA) is 49.9 Å². The fourth-order valence-electron chi connectivity index (χ4n) is 2.64. The van der Waals surface area contributed by atoms with E-state index in [1.807, 2.05) is 38.1 Å². The monoisotopic (exact) mass is 290 g/mol. The van der Waals surface area contributed by atoms with Gasteiger partial charge in [-0.2, -0.15) is 0 Å². The van der Waals surface area contributed by atoms with Gasteiger partial charge in [-0.15, -0.1) is 0 Å². The van der Waals surface area contributed by atoms with Gasteiger partial charge in [0.2, 0.25) is 5.91 Å². The molecular weight excluding hydrogens is 268 g/mol. The van der Waals surface area contributed by atoms with Crippen molar-refractivity contribution in [3.05, 3.63) is 35.4 Å². The molecule has 1 heterocycles. The molecule has 0 radical (unpaired) electrons. The molecule has 2 rings (SSSR count). The molecule has 21 heavy (non-hydrogen) atoms. The molecule has 0 aromatic heterocycles. The largest absolute Gasteiger partial charge is 0.335 e. The second kappa shape index (κ2) is 6.26. The Balaban J connectivity index is 2.09. The van der Waals surface area contributed by atoms with E-state index >= 15 is 0 Å². The number of hydrogen-bond donors (Lipinski definition) is 0. The second-order valence-corrected chi connectivity index (χ2v) is 5.55. The lowest BCUT2D eigenvalue weighted by molar-refractivity contribution is -0.173. The number of aryl methyl sites for hydroxylation is 1. The number of likely N-dealkylation sites (tertiary alicyclic amines) is 1. The first kappa shape index (κ1) is 15.5. The number of hydrogen-bond acceptors (Lipinski definition) is 3. The highest BCUT2D eigenvalue weighted by Crippen LogP contribution is 2.29. The van der Waals surface area contributed by atoms with Crippen molar-refractivity contribution in [3.8, 4) is 0 Å². The van der Waals surface area contributed by atoms with Crippen LogP contribution in [0.1, 0.15) is 30.5 Å². The van der Waals surface area contributed by atoms with Crippen LogP contribution in [0.3, 0.4) is 0 Å². The van der Waals surface area contributed by atoms with Crippen molar-refractivity contribution in [1.82, 2.24) is 9.96 Å². The SMILES string of the molecule is CON(C)C(=O)[C@@H]1CC(=O)N([C@H](C)c2ccc(C)cc2)C1. The summed E-state index contributed by atoms with van der Waals surface area (Å²) >= 11 is 0. The lowest BCUT2D eigenvalue weighted by atomic mass is 10.1. The number of carbonyl (C=O) groups excluding carboxylic acids is 2. The van der Waals surface area contributed by atoms with Crippen molar-refractivity contribution in [3.63, 3.8) is 0 Å². The molecule has 0 aliphatic carbocycles. The minimum atomic E-state index is -0.324. The zero-order valence-corrected chi connectivity index (χ0v) is 13.0. The van der Waals surface area contributed by atoms with Crippen LogP contribution in [0.4, 0.5) is 0 Å². The van der Waals surface area contributed by atoms with Gasteiger partial charge in [0.1, 0.15) is 0 Å². The van der Waals surface area contributed by atoms with Crippen molar-refractivity contribution < 1.29 is 14.4 Å². The maximum atomic E-state index is 12.2. The van der Waals surface area contributed by atoms with Gasteiger partial charge in [0.15, 0.2) is 0 Å². The van der Waals surface area contributed by atoms with Crippen LogP contribution < -0.4 is 0 Å². The Morgan fingerprint density at radius 1 is 1.38 bits per heavy atom. The lowest BCUT2D eigenvalue weighted by Crippen LogP contribution is -2.34. The molecule has 1 saturated heterocycles. The van der Waals surface area contributed by atoms with Crippen LogP contribution in [0.5, 0.6) is 0 Å². The summed E-state index contributed by atoms with van der Waals surface area (Å²) in [5.74, 6) is -0.453. The van der Waals surface area contributed by atoms with E-state index in [0.717, 1.165) is 5.56 Å². The first-order chi connectivity index (χ1) is 9.93. The summed E-state index contributed by atoms with van der Waals surface area (Å²) in [4.78, 5) is 31.0. The molecule has 1 aromatic rings. The lowest BCUT2D eigenvalue weighted by Gasteiger charge is -2.25. The van der Waals surface area contributed by atoms with Gasteiger partial charge in [0.25, 0.3) is 5.91 Å². The molecular formula is C16H22N2O3. The van der Waals surface area contributed by atoms with Crippen LogP contribution in [0.25, 0.3) is 0 Å². The van der Waals surface area contributed by atoms with Gasteiger partial charge in [-0.3, -0.25) is 14.4 Å². The molecule has 1 aliphatic heterocycles. The fraction of sp³-hybridized carbons (Fsp3) is 0.500. The van der Waals surface area contributed by atoms with Crippen LogP contribution in [0.15, 0.2) is 24.3 Å². The van der Waals surface area contributed by atoms with E-state index in [2.05, 4.69) is 0 Å². The second-order valence-electron chi connectivity index (χ2n) is 5.55. The average molecular weight is 290 g/mol. The zero-order chi connectivity index (χ0) is 15.6. The third kappa shape index (κ3) is 3.24. The van der Waals surface area contributed by atoms with E-state index in [4.69, 9.17) is 4.84 Å². The van der Waals surface area contributed by atoms with Crippen LogP contribution in [-0.4, -0.2) is 42.5 Å². The van der Waals surface area contributed by atoms with Crippen molar-refractivity contribution in [2.24, 2.45) is 5.92 Å². The van der Waals surface area contributed by atoms with E-state index in [1.54, 1.807) is 11.9 Å². The molecule has 2 amide bonds. The van der Waals surface area contributed by atoms with Crippen LogP contribution >= 0.6 is 0 Å². The van der Waals surface area contributed by atoms with Crippen LogP contribution in [0.2, 0.25) is 0 Å². The molecule has 5 nitrogen and oxygen atoms in total. The highest BCUT2D eigenvalue weighted by atomic mass is 16.7. The smallest absolute Gasteiger partial charge is 0.251 e. The van der Waals surface area contributed by atoms with Crippen molar-refractivity contribution in [2.45, 2.75) is 26.3 Å². The van der Waals surface area contributed by atoms with Gasteiger partial charge in [0, 0.05) is 20.0 Å². The molecule has 5 heteroatoms. The van der Waals surface area contributed by atoms with Crippen molar-refractivity contribution >= 4 is 11.8 Å². The highest BCUT2D eigenvalue weighted by Gasteiger charge is 2.38. The molecule has 0 N–H and O–H groups in total. The van der Waals surface area contributed by atoms with Gasteiger partial charge < -0.3 is 4.90 Å². The molecule has 0 bridgehead atoms. The molecule has 114 valence electrons. The van der Waals surface area contributed by atoms with E-state index in [1.165, 1.54) is 17.7 Å². The molecule has 0 saturated carbocycles. The van der Waals surface area contributed by atoms with Gasteiger partial charge in [0.05, 0.1) is 19.1 Å². The van der Waals surface area contributed by atoms with Crippen LogP contribution in [0, 0.1) is 12.8 Å². The molecule has 1 aromatic carbocycles. The van der Waals surface area contributed by atoms with E-state index < -0.39 is 0 Å². The third-order valence-corrected chi connectivity index (χ3v) is 4.12. The Hall–Kier alpha value is -1.88. The van der Waals surface area contributed by atoms with Gasteiger partial charge in [-0.05, 0) is 19.4 Å². The summed E-state index contributed by atoms with van der Waals surface area (Å²) in [7, 11) is 3.01. The molecule has 2 atom stereocenters. The van der Waals surface area contributed by atoms with Gasteiger partial charge in [-0.1, -0.05) is 29.8 Å². The summed E-state index contributed by atoms with van der Waals surface area (Å²) in [5.41, 5.74) is 2.27. The van der Waals surface area contributed by atoms with Crippen molar-refractivity contribution in [1.29, 1.82) is 0 Å². The Labute approximate surface area is 125 Å². The summed E-state index contributed by atoms with van der Waals surface area (Å²) in [6, 6.07) is 8.11. The Morgan fingerprint density at radius 3 is 2.57 bits per heavy atom. The van der Waals surface area contributed by atoms with E-state index in [-0.39, 0.29) is 30.2 Å². The predicted octanol–water partition coefficient (Wildman–Crippen LogP) is 1.92. The summed E-state index contributed by atoms with van der Waals surface area (Å²) < 4.78 is 0. The van der Waals surface area contributed by atoms with E-state index in [0.29, 0.717) is 6.54 Å². The normalized spacial score (nSPS) is 19.7. The maximum Gasteiger partial charge on any atom is 0.251 e. The molecule has 1 aliphatic rings. The summed E-state index contributed by atoms with van der Waals surface area (Å²) in [6.07, 6.45) is 0.253. The Kier molecular flexibility index (Phi) is 4.63. The number of nitrogens with zero attached hydrogens (tertiary/aromatic N) is 2. The summed E-state index contributed by atoms with van der Waals surface area (Å²) in [6.45, 7) is 4.47. The maximum absolute atomic E-state index is 12.2. The zero-order valence-electron chi connectivity index (χ0n) is 13.0. The number of benzene rings is 1. The quantitative estimate of drug-likeness (QED) is 0.796. The number of carbonyl (C=O) groups is 2. The first-order valence-corrected chi connectivity index (χ1v) is 7.11. The summed E-state index contributed by atoms with van der Waals surface area (Å²) in [5, 5.41) is 1.19. The highest BCUT2D eigenvalue weighted by molar-refractivity contribution is 5.89. The minimum Gasteiger partial charge on any atom is -0.335 e. The molecule has 0 spiro atoms. The Morgan fingerprint density at radius 2 is 2.00 bits per heavy atom. The fourth-order valence-corrected chi connectivity index (χ4v) is 2.64. The third-order valence-electron chi connectivity index (χ3n) is 4.12. The van der Waals surface area contributed by atoms with Crippen LogP contribution in [-0.2, 0) is 14.4 Å². The van der Waals surface area contributed by atoms with Crippen molar-refractivity contribution in [2.75, 3.05) is 20.7 Å². The molecule has 1 fully saturated rings.